The number of likely N-dealkylation sites (N-methyl/N-ethyl adjacent to an activating group) is 1. The van der Waals surface area contributed by atoms with Crippen molar-refractivity contribution in [3.05, 3.63) is 0 Å². The first-order chi connectivity index (χ1) is 7.91. The van der Waals surface area contributed by atoms with E-state index in [1.54, 1.807) is 6.92 Å². The Morgan fingerprint density at radius 3 is 2.71 bits per heavy atom. The molecule has 7 nitrogen and oxygen atoms in total. The summed E-state index contributed by atoms with van der Waals surface area (Å²) in [6.45, 7) is 2.07. The quantitative estimate of drug-likeness (QED) is 0.597. The molecule has 1 saturated heterocycles. The first-order valence-corrected chi connectivity index (χ1v) is 5.42. The van der Waals surface area contributed by atoms with Crippen molar-refractivity contribution in [2.45, 2.75) is 19.1 Å². The molecule has 2 amide bonds. The van der Waals surface area contributed by atoms with E-state index in [1.807, 2.05) is 0 Å². The van der Waals surface area contributed by atoms with E-state index in [0.29, 0.717) is 0 Å². The van der Waals surface area contributed by atoms with Gasteiger partial charge in [0.1, 0.15) is 5.92 Å². The zero-order chi connectivity index (χ0) is 13.0. The zero-order valence-corrected chi connectivity index (χ0v) is 9.92. The molecule has 0 aromatic heterocycles. The van der Waals surface area contributed by atoms with E-state index in [1.165, 1.54) is 11.9 Å². The van der Waals surface area contributed by atoms with Crippen LogP contribution in [0, 0.1) is 5.92 Å². The molecule has 7 heteroatoms. The standard InChI is InChI=1S/C10H18N2O5/c1-6(13)3-12(2)10(16)11-8-5-17-4-7(8)9(14)15/h6-8,13H,3-5H2,1-2H3,(H,11,16)(H,14,15). The van der Waals surface area contributed by atoms with Crippen LogP contribution in [0.3, 0.4) is 0 Å². The molecule has 3 N–H and O–H groups in total. The monoisotopic (exact) mass is 246 g/mol. The van der Waals surface area contributed by atoms with E-state index in [-0.39, 0.29) is 19.8 Å². The average molecular weight is 246 g/mol. The lowest BCUT2D eigenvalue weighted by Crippen LogP contribution is -2.49. The smallest absolute Gasteiger partial charge is 0.317 e. The minimum atomic E-state index is -0.981. The summed E-state index contributed by atoms with van der Waals surface area (Å²) in [5, 5.41) is 20.6. The molecule has 1 aliphatic rings. The lowest BCUT2D eigenvalue weighted by molar-refractivity contribution is -0.142. The third kappa shape index (κ3) is 3.86. The Kier molecular flexibility index (Phi) is 4.71. The normalized spacial score (nSPS) is 25.4. The van der Waals surface area contributed by atoms with Crippen LogP contribution in [-0.2, 0) is 9.53 Å². The van der Waals surface area contributed by atoms with E-state index in [4.69, 9.17) is 14.9 Å². The van der Waals surface area contributed by atoms with Crippen molar-refractivity contribution < 1.29 is 24.5 Å². The highest BCUT2D eigenvalue weighted by molar-refractivity contribution is 5.77. The molecule has 3 atom stereocenters. The van der Waals surface area contributed by atoms with Crippen molar-refractivity contribution in [3.63, 3.8) is 0 Å². The molecule has 98 valence electrons. The number of carbonyl (C=O) groups excluding carboxylic acids is 1. The van der Waals surface area contributed by atoms with Gasteiger partial charge in [0.25, 0.3) is 0 Å². The fraction of sp³-hybridized carbons (Fsp3) is 0.800. The summed E-state index contributed by atoms with van der Waals surface area (Å²) in [5.41, 5.74) is 0. The number of aliphatic hydroxyl groups excluding tert-OH is 1. The van der Waals surface area contributed by atoms with Crippen LogP contribution < -0.4 is 5.32 Å². The number of carboxylic acid groups (broad SMARTS) is 1. The van der Waals surface area contributed by atoms with Gasteiger partial charge in [0, 0.05) is 13.6 Å². The van der Waals surface area contributed by atoms with E-state index in [9.17, 15) is 9.59 Å². The number of aliphatic carboxylic acids is 1. The molecule has 1 fully saturated rings. The van der Waals surface area contributed by atoms with Crippen LogP contribution in [0.5, 0.6) is 0 Å². The van der Waals surface area contributed by atoms with Gasteiger partial charge in [0.15, 0.2) is 0 Å². The zero-order valence-electron chi connectivity index (χ0n) is 9.92. The van der Waals surface area contributed by atoms with Gasteiger partial charge in [-0.3, -0.25) is 4.79 Å². The van der Waals surface area contributed by atoms with Crippen molar-refractivity contribution in [1.82, 2.24) is 10.2 Å². The number of rotatable bonds is 4. The summed E-state index contributed by atoms with van der Waals surface area (Å²) >= 11 is 0. The summed E-state index contributed by atoms with van der Waals surface area (Å²) in [6, 6.07) is -0.927. The summed E-state index contributed by atoms with van der Waals surface area (Å²) in [4.78, 5) is 23.8. The topological polar surface area (TPSA) is 99.1 Å². The second-order valence-corrected chi connectivity index (χ2v) is 4.27. The van der Waals surface area contributed by atoms with E-state index < -0.39 is 30.1 Å². The number of nitrogens with zero attached hydrogens (tertiary/aromatic N) is 1. The molecule has 0 aliphatic carbocycles. The van der Waals surface area contributed by atoms with Crippen molar-refractivity contribution >= 4 is 12.0 Å². The summed E-state index contributed by atoms with van der Waals surface area (Å²) in [7, 11) is 1.54. The molecular weight excluding hydrogens is 228 g/mol. The van der Waals surface area contributed by atoms with E-state index >= 15 is 0 Å². The van der Waals surface area contributed by atoms with Gasteiger partial charge in [0.05, 0.1) is 25.4 Å². The van der Waals surface area contributed by atoms with E-state index in [2.05, 4.69) is 5.32 Å². The molecule has 1 heterocycles. The Morgan fingerprint density at radius 2 is 2.18 bits per heavy atom. The molecular formula is C10H18N2O5. The maximum atomic E-state index is 11.7. The molecule has 1 aliphatic heterocycles. The molecule has 0 aromatic rings. The Hall–Kier alpha value is -1.34. The number of carboxylic acids is 1. The second kappa shape index (κ2) is 5.83. The first-order valence-electron chi connectivity index (χ1n) is 5.42. The Labute approximate surface area is 99.4 Å². The van der Waals surface area contributed by atoms with Crippen LogP contribution in [0.25, 0.3) is 0 Å². The summed E-state index contributed by atoms with van der Waals surface area (Å²) in [5.74, 6) is -1.69. The van der Waals surface area contributed by atoms with Crippen LogP contribution in [-0.4, -0.2) is 66.1 Å². The van der Waals surface area contributed by atoms with Crippen molar-refractivity contribution in [2.24, 2.45) is 5.92 Å². The Balaban J connectivity index is 2.47. The number of carbonyl (C=O) groups is 2. The predicted molar refractivity (Wildman–Crippen MR) is 58.6 cm³/mol. The molecule has 0 spiro atoms. The number of hydrogen-bond acceptors (Lipinski definition) is 4. The first kappa shape index (κ1) is 13.7. The van der Waals surface area contributed by atoms with Gasteiger partial charge in [-0.25, -0.2) is 4.79 Å². The number of ether oxygens (including phenoxy) is 1. The number of aliphatic hydroxyl groups is 1. The fourth-order valence-corrected chi connectivity index (χ4v) is 1.69. The highest BCUT2D eigenvalue weighted by atomic mass is 16.5. The highest BCUT2D eigenvalue weighted by Crippen LogP contribution is 2.14. The average Bonchev–Trinajstić information content (AvgIpc) is 2.64. The third-order valence-corrected chi connectivity index (χ3v) is 2.59. The lowest BCUT2D eigenvalue weighted by atomic mass is 10.0. The predicted octanol–water partition coefficient (Wildman–Crippen LogP) is -0.892. The molecule has 0 aromatic carbocycles. The number of hydrogen-bond donors (Lipinski definition) is 3. The molecule has 1 rings (SSSR count). The largest absolute Gasteiger partial charge is 0.481 e. The van der Waals surface area contributed by atoms with Crippen LogP contribution in [0.1, 0.15) is 6.92 Å². The maximum Gasteiger partial charge on any atom is 0.317 e. The van der Waals surface area contributed by atoms with Crippen LogP contribution in [0.4, 0.5) is 4.79 Å². The van der Waals surface area contributed by atoms with Gasteiger partial charge in [0.2, 0.25) is 0 Å². The molecule has 17 heavy (non-hydrogen) atoms. The number of nitrogens with one attached hydrogen (secondary N) is 1. The Bertz CT molecular complexity index is 294. The highest BCUT2D eigenvalue weighted by Gasteiger charge is 2.35. The van der Waals surface area contributed by atoms with Crippen LogP contribution >= 0.6 is 0 Å². The lowest BCUT2D eigenvalue weighted by Gasteiger charge is -2.23. The van der Waals surface area contributed by atoms with Gasteiger partial charge in [-0.15, -0.1) is 0 Å². The fourth-order valence-electron chi connectivity index (χ4n) is 1.69. The van der Waals surface area contributed by atoms with Crippen molar-refractivity contribution in [2.75, 3.05) is 26.8 Å². The number of amides is 2. The van der Waals surface area contributed by atoms with Gasteiger partial charge in [-0.2, -0.15) is 0 Å². The minimum absolute atomic E-state index is 0.112. The van der Waals surface area contributed by atoms with E-state index in [0.717, 1.165) is 0 Å². The van der Waals surface area contributed by atoms with Gasteiger partial charge in [-0.1, -0.05) is 0 Å². The molecule has 0 bridgehead atoms. The van der Waals surface area contributed by atoms with Crippen molar-refractivity contribution in [3.8, 4) is 0 Å². The van der Waals surface area contributed by atoms with Crippen molar-refractivity contribution in [1.29, 1.82) is 0 Å². The summed E-state index contributed by atoms with van der Waals surface area (Å²) < 4.78 is 5.03. The third-order valence-electron chi connectivity index (χ3n) is 2.59. The molecule has 0 radical (unpaired) electrons. The summed E-state index contributed by atoms with van der Waals surface area (Å²) in [6.07, 6.45) is -0.624. The van der Waals surface area contributed by atoms with Gasteiger partial charge >= 0.3 is 12.0 Å². The SMILES string of the molecule is CC(O)CN(C)C(=O)NC1COCC1C(=O)O. The molecule has 0 saturated carbocycles. The molecule has 3 unspecified atom stereocenters. The van der Waals surface area contributed by atoms with Gasteiger partial charge in [-0.05, 0) is 6.92 Å². The van der Waals surface area contributed by atoms with Crippen LogP contribution in [0.15, 0.2) is 0 Å². The number of urea groups is 1. The second-order valence-electron chi connectivity index (χ2n) is 4.27. The minimum Gasteiger partial charge on any atom is -0.481 e. The van der Waals surface area contributed by atoms with Gasteiger partial charge < -0.3 is 25.2 Å². The van der Waals surface area contributed by atoms with Crippen LogP contribution in [0.2, 0.25) is 0 Å². The Morgan fingerprint density at radius 1 is 1.53 bits per heavy atom. The maximum absolute atomic E-state index is 11.7.